The predicted molar refractivity (Wildman–Crippen MR) is 109 cm³/mol. The minimum atomic E-state index is -0.122. The van der Waals surface area contributed by atoms with E-state index in [0.29, 0.717) is 30.4 Å². The molecule has 2 aromatic rings. The molecule has 138 valence electrons. The van der Waals surface area contributed by atoms with Gasteiger partial charge in [0.2, 0.25) is 0 Å². The van der Waals surface area contributed by atoms with Crippen molar-refractivity contribution in [2.24, 2.45) is 10.9 Å². The zero-order valence-electron chi connectivity index (χ0n) is 15.3. The van der Waals surface area contributed by atoms with Gasteiger partial charge in [-0.15, -0.1) is 0 Å². The lowest BCUT2D eigenvalue weighted by molar-refractivity contribution is 0.768. The molecule has 0 saturated heterocycles. The summed E-state index contributed by atoms with van der Waals surface area (Å²) in [6.07, 6.45) is 4.33. The highest BCUT2D eigenvalue weighted by Crippen LogP contribution is 2.27. The number of aromatic nitrogens is 2. The first-order chi connectivity index (χ1) is 13.1. The number of hydrogen-bond acceptors (Lipinski definition) is 6. The van der Waals surface area contributed by atoms with Gasteiger partial charge in [-0.25, -0.2) is 15.0 Å². The van der Waals surface area contributed by atoms with Gasteiger partial charge in [0.25, 0.3) is 0 Å². The Morgan fingerprint density at radius 2 is 1.96 bits per heavy atom. The molecular weight excluding hydrogens is 360 g/mol. The first-order valence-electron chi connectivity index (χ1n) is 8.80. The molecule has 0 fully saturated rings. The highest BCUT2D eigenvalue weighted by molar-refractivity contribution is 6.33. The quantitative estimate of drug-likeness (QED) is 0.743. The number of nitriles is 1. The average Bonchev–Trinajstić information content (AvgIpc) is 2.69. The molecule has 0 saturated carbocycles. The van der Waals surface area contributed by atoms with E-state index >= 15 is 0 Å². The van der Waals surface area contributed by atoms with Crippen LogP contribution in [0.1, 0.15) is 17.7 Å². The molecule has 0 spiro atoms. The summed E-state index contributed by atoms with van der Waals surface area (Å²) in [5.41, 5.74) is 2.74. The summed E-state index contributed by atoms with van der Waals surface area (Å²) < 4.78 is 0. The van der Waals surface area contributed by atoms with Crippen molar-refractivity contribution in [2.75, 3.05) is 18.4 Å². The van der Waals surface area contributed by atoms with Gasteiger partial charge in [0.15, 0.2) is 5.82 Å². The molecule has 6 nitrogen and oxygen atoms in total. The molecule has 27 heavy (non-hydrogen) atoms. The number of aliphatic imine (C=N–C) groups is 1. The first-order valence-corrected chi connectivity index (χ1v) is 9.18. The molecule has 1 atom stereocenters. The van der Waals surface area contributed by atoms with Gasteiger partial charge in [-0.2, -0.15) is 5.26 Å². The second-order valence-corrected chi connectivity index (χ2v) is 6.69. The second kappa shape index (κ2) is 8.65. The van der Waals surface area contributed by atoms with Crippen molar-refractivity contribution in [3.05, 3.63) is 52.4 Å². The highest BCUT2D eigenvalue weighted by Gasteiger charge is 2.12. The van der Waals surface area contributed by atoms with Crippen LogP contribution in [0.2, 0.25) is 5.02 Å². The maximum atomic E-state index is 8.87. The van der Waals surface area contributed by atoms with Gasteiger partial charge in [-0.1, -0.05) is 23.7 Å². The van der Waals surface area contributed by atoms with Crippen LogP contribution in [0, 0.1) is 31.1 Å². The van der Waals surface area contributed by atoms with Crippen LogP contribution in [0.25, 0.3) is 11.4 Å². The van der Waals surface area contributed by atoms with Gasteiger partial charge >= 0.3 is 0 Å². The van der Waals surface area contributed by atoms with Gasteiger partial charge in [-0.05, 0) is 38.5 Å². The molecule has 1 aromatic carbocycles. The largest absolute Gasteiger partial charge is 0.369 e. The number of hydrogen-bond donors (Lipinski definition) is 2. The van der Waals surface area contributed by atoms with Crippen molar-refractivity contribution in [3.8, 4) is 17.5 Å². The van der Waals surface area contributed by atoms with Crippen LogP contribution in [0.4, 0.5) is 5.82 Å². The fraction of sp³-hybridized carbons (Fsp3) is 0.300. The summed E-state index contributed by atoms with van der Waals surface area (Å²) in [6.45, 7) is 5.32. The van der Waals surface area contributed by atoms with Crippen LogP contribution in [0.5, 0.6) is 0 Å². The zero-order chi connectivity index (χ0) is 19.2. The molecule has 1 aliphatic rings. The summed E-state index contributed by atoms with van der Waals surface area (Å²) in [5.74, 6) is 2.09. The van der Waals surface area contributed by atoms with Gasteiger partial charge in [0.05, 0.1) is 17.0 Å². The Kier molecular flexibility index (Phi) is 6.05. The van der Waals surface area contributed by atoms with Crippen molar-refractivity contribution in [3.63, 3.8) is 0 Å². The summed E-state index contributed by atoms with van der Waals surface area (Å²) in [4.78, 5) is 13.5. The molecule has 1 unspecified atom stereocenters. The fourth-order valence-corrected chi connectivity index (χ4v) is 2.88. The standard InChI is InChI=1S/C20H21ClN6/c1-13-14(2)26-20(16-5-3-4-6-17(16)21)27-19(13)24-10-9-23-18-8-7-15(11-22)12-25-18/h3-6,8,12,15,23H,7,9-10H2,1-2H3,(H,24,26,27). The van der Waals surface area contributed by atoms with Crippen LogP contribution in [0.15, 0.2) is 41.2 Å². The summed E-state index contributed by atoms with van der Waals surface area (Å²) in [6, 6.07) is 9.75. The number of nitrogens with one attached hydrogen (secondary N) is 2. The lowest BCUT2D eigenvalue weighted by Gasteiger charge is -2.15. The number of rotatable bonds is 6. The van der Waals surface area contributed by atoms with Crippen molar-refractivity contribution in [2.45, 2.75) is 20.3 Å². The summed E-state index contributed by atoms with van der Waals surface area (Å²) in [5, 5.41) is 16.1. The normalized spacial score (nSPS) is 15.8. The van der Waals surface area contributed by atoms with Crippen LogP contribution in [-0.4, -0.2) is 29.3 Å². The van der Waals surface area contributed by atoms with E-state index < -0.39 is 0 Å². The minimum Gasteiger partial charge on any atom is -0.369 e. The molecular formula is C20H21ClN6. The molecule has 1 aromatic heterocycles. The number of aryl methyl sites for hydroxylation is 1. The van der Waals surface area contributed by atoms with Crippen LogP contribution < -0.4 is 10.6 Å². The van der Waals surface area contributed by atoms with E-state index in [1.807, 2.05) is 44.2 Å². The predicted octanol–water partition coefficient (Wildman–Crippen LogP) is 3.87. The Morgan fingerprint density at radius 3 is 2.67 bits per heavy atom. The number of benzene rings is 1. The van der Waals surface area contributed by atoms with Gasteiger partial charge in [0, 0.05) is 36.1 Å². The third kappa shape index (κ3) is 4.63. The van der Waals surface area contributed by atoms with E-state index in [1.54, 1.807) is 6.21 Å². The third-order valence-electron chi connectivity index (χ3n) is 4.35. The van der Waals surface area contributed by atoms with E-state index in [-0.39, 0.29) is 5.92 Å². The van der Waals surface area contributed by atoms with Crippen molar-refractivity contribution < 1.29 is 0 Å². The van der Waals surface area contributed by atoms with E-state index in [2.05, 4.69) is 31.7 Å². The molecule has 0 amide bonds. The average molecular weight is 381 g/mol. The Morgan fingerprint density at radius 1 is 1.19 bits per heavy atom. The summed E-state index contributed by atoms with van der Waals surface area (Å²) in [7, 11) is 0. The fourth-order valence-electron chi connectivity index (χ4n) is 2.66. The number of nitrogens with zero attached hydrogens (tertiary/aromatic N) is 4. The van der Waals surface area contributed by atoms with Crippen LogP contribution in [0.3, 0.4) is 0 Å². The van der Waals surface area contributed by atoms with Crippen molar-refractivity contribution in [1.82, 2.24) is 15.3 Å². The number of allylic oxidation sites excluding steroid dienone is 1. The lowest BCUT2D eigenvalue weighted by Crippen LogP contribution is -2.23. The van der Waals surface area contributed by atoms with Gasteiger partial charge < -0.3 is 10.6 Å². The van der Waals surface area contributed by atoms with Crippen molar-refractivity contribution >= 4 is 23.6 Å². The molecule has 2 N–H and O–H groups in total. The molecule has 1 aliphatic heterocycles. The molecule has 2 heterocycles. The molecule has 3 rings (SSSR count). The minimum absolute atomic E-state index is 0.122. The lowest BCUT2D eigenvalue weighted by atomic mass is 10.1. The third-order valence-corrected chi connectivity index (χ3v) is 4.68. The monoisotopic (exact) mass is 380 g/mol. The molecule has 0 bridgehead atoms. The zero-order valence-corrected chi connectivity index (χ0v) is 16.1. The molecule has 0 aliphatic carbocycles. The second-order valence-electron chi connectivity index (χ2n) is 6.28. The van der Waals surface area contributed by atoms with Gasteiger partial charge in [0.1, 0.15) is 11.6 Å². The Hall–Kier alpha value is -2.91. The highest BCUT2D eigenvalue weighted by atomic mass is 35.5. The number of halogens is 1. The number of anilines is 1. The van der Waals surface area contributed by atoms with E-state index in [4.69, 9.17) is 16.9 Å². The Balaban J connectivity index is 1.64. The van der Waals surface area contributed by atoms with Crippen LogP contribution >= 0.6 is 11.6 Å². The molecule has 0 radical (unpaired) electrons. The van der Waals surface area contributed by atoms with Gasteiger partial charge in [-0.3, -0.25) is 0 Å². The maximum absolute atomic E-state index is 8.87. The maximum Gasteiger partial charge on any atom is 0.163 e. The van der Waals surface area contributed by atoms with Crippen LogP contribution in [-0.2, 0) is 0 Å². The van der Waals surface area contributed by atoms with E-state index in [1.165, 1.54) is 0 Å². The van der Waals surface area contributed by atoms with Crippen molar-refractivity contribution in [1.29, 1.82) is 5.26 Å². The Bertz CT molecular complexity index is 929. The summed E-state index contributed by atoms with van der Waals surface area (Å²) >= 11 is 6.29. The molecule has 7 heteroatoms. The first kappa shape index (κ1) is 18.9. The Labute approximate surface area is 164 Å². The SMILES string of the molecule is Cc1nc(-c2ccccc2Cl)nc(NCCNC2=CCC(C#N)C=N2)c1C. The topological polar surface area (TPSA) is 86.0 Å². The smallest absolute Gasteiger partial charge is 0.163 e. The van der Waals surface area contributed by atoms with E-state index in [0.717, 1.165) is 28.5 Å². The van der Waals surface area contributed by atoms with E-state index in [9.17, 15) is 0 Å².